The van der Waals surface area contributed by atoms with Gasteiger partial charge in [0.1, 0.15) is 6.07 Å². The molecule has 1 aliphatic heterocycles. The molecular formula is C11H15N5O2S. The summed E-state index contributed by atoms with van der Waals surface area (Å²) in [6.07, 6.45) is 5.78. The molecule has 0 amide bonds. The Morgan fingerprint density at radius 1 is 1.47 bits per heavy atom. The molecule has 0 bridgehead atoms. The van der Waals surface area contributed by atoms with Crippen LogP contribution in [0.25, 0.3) is 0 Å². The van der Waals surface area contributed by atoms with Crippen LogP contribution >= 0.6 is 0 Å². The van der Waals surface area contributed by atoms with Crippen LogP contribution in [-0.4, -0.2) is 48.1 Å². The number of aromatic nitrogens is 2. The molecule has 1 fully saturated rings. The Labute approximate surface area is 112 Å². The average Bonchev–Trinajstić information content (AvgIpc) is 2.39. The molecule has 1 saturated heterocycles. The van der Waals surface area contributed by atoms with Crippen molar-refractivity contribution in [2.75, 3.05) is 24.7 Å². The summed E-state index contributed by atoms with van der Waals surface area (Å²) in [6.45, 7) is 0.933. The van der Waals surface area contributed by atoms with Gasteiger partial charge in [-0.2, -0.15) is 5.26 Å². The van der Waals surface area contributed by atoms with Crippen molar-refractivity contribution in [2.45, 2.75) is 18.9 Å². The molecule has 102 valence electrons. The molecule has 0 aliphatic carbocycles. The molecular weight excluding hydrogens is 266 g/mol. The van der Waals surface area contributed by atoms with Gasteiger partial charge in [-0.3, -0.25) is 0 Å². The lowest BCUT2D eigenvalue weighted by molar-refractivity contribution is 0.329. The number of nitrogens with zero attached hydrogens (tertiary/aromatic N) is 4. The van der Waals surface area contributed by atoms with Crippen molar-refractivity contribution >= 4 is 15.8 Å². The lowest BCUT2D eigenvalue weighted by Crippen LogP contribution is -2.44. The molecule has 0 aromatic carbocycles. The fraction of sp³-hybridized carbons (Fsp3) is 0.545. The third-order valence-corrected chi connectivity index (χ3v) is 4.27. The summed E-state index contributed by atoms with van der Waals surface area (Å²) in [4.78, 5) is 7.98. The van der Waals surface area contributed by atoms with Gasteiger partial charge in [-0.05, 0) is 12.8 Å². The van der Waals surface area contributed by atoms with Gasteiger partial charge in [0, 0.05) is 31.5 Å². The topological polar surface area (TPSA) is 99.0 Å². The van der Waals surface area contributed by atoms with Crippen molar-refractivity contribution < 1.29 is 8.42 Å². The fourth-order valence-corrected chi connectivity index (χ4v) is 2.99. The van der Waals surface area contributed by atoms with Crippen LogP contribution in [0.15, 0.2) is 12.4 Å². The van der Waals surface area contributed by atoms with E-state index in [1.807, 2.05) is 6.07 Å². The van der Waals surface area contributed by atoms with Gasteiger partial charge < -0.3 is 5.32 Å². The number of nitriles is 1. The fourth-order valence-electron chi connectivity index (χ4n) is 2.08. The Balaban J connectivity index is 2.09. The number of sulfonamides is 1. The summed E-state index contributed by atoms with van der Waals surface area (Å²) in [7, 11) is -3.17. The molecule has 2 rings (SSSR count). The first-order valence-electron chi connectivity index (χ1n) is 5.93. The van der Waals surface area contributed by atoms with E-state index in [9.17, 15) is 8.42 Å². The first-order chi connectivity index (χ1) is 9.00. The van der Waals surface area contributed by atoms with E-state index in [0.717, 1.165) is 12.8 Å². The Kier molecular flexibility index (Phi) is 3.97. The zero-order valence-corrected chi connectivity index (χ0v) is 11.4. The van der Waals surface area contributed by atoms with Gasteiger partial charge in [-0.1, -0.05) is 0 Å². The molecule has 8 heteroatoms. The van der Waals surface area contributed by atoms with Gasteiger partial charge in [0.05, 0.1) is 6.26 Å². The van der Waals surface area contributed by atoms with Crippen molar-refractivity contribution in [3.8, 4) is 6.07 Å². The second-order valence-corrected chi connectivity index (χ2v) is 6.45. The summed E-state index contributed by atoms with van der Waals surface area (Å²) < 4.78 is 24.5. The minimum absolute atomic E-state index is 0.0488. The molecule has 1 aromatic heterocycles. The molecule has 1 unspecified atom stereocenters. The second-order valence-electron chi connectivity index (χ2n) is 4.47. The van der Waals surface area contributed by atoms with E-state index in [0.29, 0.717) is 18.9 Å². The van der Waals surface area contributed by atoms with Gasteiger partial charge in [0.25, 0.3) is 0 Å². The summed E-state index contributed by atoms with van der Waals surface area (Å²) in [6, 6.07) is 1.91. The number of rotatable bonds is 3. The molecule has 1 aliphatic rings. The summed E-state index contributed by atoms with van der Waals surface area (Å²) in [5, 5.41) is 12.0. The lowest BCUT2D eigenvalue weighted by atomic mass is 10.1. The van der Waals surface area contributed by atoms with Crippen LogP contribution in [0.3, 0.4) is 0 Å². The molecule has 19 heavy (non-hydrogen) atoms. The number of anilines is 1. The highest BCUT2D eigenvalue weighted by Gasteiger charge is 2.26. The van der Waals surface area contributed by atoms with E-state index in [4.69, 9.17) is 5.26 Å². The maximum absolute atomic E-state index is 11.5. The normalized spacial score (nSPS) is 20.7. The maximum atomic E-state index is 11.5. The third kappa shape index (κ3) is 3.39. The molecule has 1 aromatic rings. The van der Waals surface area contributed by atoms with Gasteiger partial charge in [0.2, 0.25) is 10.0 Å². The van der Waals surface area contributed by atoms with Crippen molar-refractivity contribution in [2.24, 2.45) is 0 Å². The number of piperidine rings is 1. The van der Waals surface area contributed by atoms with Crippen molar-refractivity contribution in [1.82, 2.24) is 14.3 Å². The predicted molar refractivity (Wildman–Crippen MR) is 69.8 cm³/mol. The second kappa shape index (κ2) is 5.50. The Hall–Kier alpha value is -1.72. The van der Waals surface area contributed by atoms with Gasteiger partial charge in [0.15, 0.2) is 11.5 Å². The Morgan fingerprint density at radius 2 is 2.21 bits per heavy atom. The number of hydrogen-bond acceptors (Lipinski definition) is 6. The van der Waals surface area contributed by atoms with Crippen molar-refractivity contribution in [3.05, 3.63) is 18.1 Å². The van der Waals surface area contributed by atoms with Crippen LogP contribution in [-0.2, 0) is 10.0 Å². The van der Waals surface area contributed by atoms with Crippen LogP contribution in [0.5, 0.6) is 0 Å². The molecule has 2 heterocycles. The van der Waals surface area contributed by atoms with E-state index < -0.39 is 10.0 Å². The molecule has 0 radical (unpaired) electrons. The summed E-state index contributed by atoms with van der Waals surface area (Å²) in [5.41, 5.74) is 0.221. The van der Waals surface area contributed by atoms with Crippen molar-refractivity contribution in [1.29, 1.82) is 5.26 Å². The lowest BCUT2D eigenvalue weighted by Gasteiger charge is -2.31. The summed E-state index contributed by atoms with van der Waals surface area (Å²) in [5.74, 6) is 0.408. The van der Waals surface area contributed by atoms with Crippen LogP contribution in [0, 0.1) is 11.3 Å². The highest BCUT2D eigenvalue weighted by atomic mass is 32.2. The molecule has 0 spiro atoms. The smallest absolute Gasteiger partial charge is 0.211 e. The predicted octanol–water partition coefficient (Wildman–Crippen LogP) is 0.184. The van der Waals surface area contributed by atoms with Gasteiger partial charge >= 0.3 is 0 Å². The first-order valence-corrected chi connectivity index (χ1v) is 7.78. The highest BCUT2D eigenvalue weighted by Crippen LogP contribution is 2.17. The zero-order chi connectivity index (χ0) is 13.9. The third-order valence-electron chi connectivity index (χ3n) is 3.00. The summed E-state index contributed by atoms with van der Waals surface area (Å²) >= 11 is 0. The highest BCUT2D eigenvalue weighted by molar-refractivity contribution is 7.88. The minimum Gasteiger partial charge on any atom is -0.364 e. The quantitative estimate of drug-likeness (QED) is 0.848. The van der Waals surface area contributed by atoms with Crippen LogP contribution in [0.4, 0.5) is 5.82 Å². The average molecular weight is 281 g/mol. The van der Waals surface area contributed by atoms with Crippen LogP contribution in [0.2, 0.25) is 0 Å². The van der Waals surface area contributed by atoms with Crippen molar-refractivity contribution in [3.63, 3.8) is 0 Å². The van der Waals surface area contributed by atoms with E-state index in [1.165, 1.54) is 23.0 Å². The van der Waals surface area contributed by atoms with E-state index in [1.54, 1.807) is 0 Å². The standard InChI is InChI=1S/C11H15N5O2S/c1-19(17,18)16-6-2-3-9(8-16)15-11-10(7-12)13-4-5-14-11/h4-5,9H,2-3,6,8H2,1H3,(H,14,15). The molecule has 1 N–H and O–H groups in total. The molecule has 7 nitrogen and oxygen atoms in total. The molecule has 1 atom stereocenters. The Bertz CT molecular complexity index is 595. The minimum atomic E-state index is -3.17. The Morgan fingerprint density at radius 3 is 2.89 bits per heavy atom. The SMILES string of the molecule is CS(=O)(=O)N1CCCC(Nc2nccnc2C#N)C1. The van der Waals surface area contributed by atoms with E-state index in [-0.39, 0.29) is 11.7 Å². The van der Waals surface area contributed by atoms with Gasteiger partial charge in [-0.15, -0.1) is 0 Å². The number of hydrogen-bond donors (Lipinski definition) is 1. The first kappa shape index (κ1) is 13.7. The maximum Gasteiger partial charge on any atom is 0.211 e. The van der Waals surface area contributed by atoms with Crippen LogP contribution < -0.4 is 5.32 Å². The number of nitrogens with one attached hydrogen (secondary N) is 1. The zero-order valence-electron chi connectivity index (χ0n) is 10.6. The molecule has 0 saturated carbocycles. The monoisotopic (exact) mass is 281 g/mol. The largest absolute Gasteiger partial charge is 0.364 e. The van der Waals surface area contributed by atoms with Gasteiger partial charge in [-0.25, -0.2) is 22.7 Å². The van der Waals surface area contributed by atoms with E-state index in [2.05, 4.69) is 15.3 Å². The van der Waals surface area contributed by atoms with E-state index >= 15 is 0 Å². The van der Waals surface area contributed by atoms with Crippen LogP contribution in [0.1, 0.15) is 18.5 Å².